The summed E-state index contributed by atoms with van der Waals surface area (Å²) in [6.45, 7) is 6.08. The van der Waals surface area contributed by atoms with Gasteiger partial charge in [-0.25, -0.2) is 4.98 Å². The molecule has 6 heteroatoms. The molecular formula is C14H18ClN3OS. The first-order chi connectivity index (χ1) is 9.39. The van der Waals surface area contributed by atoms with Crippen LogP contribution in [0, 0.1) is 0 Å². The van der Waals surface area contributed by atoms with Gasteiger partial charge in [0, 0.05) is 10.6 Å². The van der Waals surface area contributed by atoms with Crippen molar-refractivity contribution in [3.8, 4) is 0 Å². The number of nitrogens with one attached hydrogen (secondary N) is 2. The number of nitrogens with zero attached hydrogens (tertiary/aromatic N) is 1. The van der Waals surface area contributed by atoms with Crippen LogP contribution in [-0.4, -0.2) is 27.2 Å². The number of aromatic amines is 1. The normalized spacial score (nSPS) is 11.8. The molecule has 1 amide bonds. The smallest absolute Gasteiger partial charge is 0.230 e. The average Bonchev–Trinajstić information content (AvgIpc) is 2.78. The van der Waals surface area contributed by atoms with E-state index in [1.807, 2.05) is 26.0 Å². The van der Waals surface area contributed by atoms with Gasteiger partial charge >= 0.3 is 0 Å². The van der Waals surface area contributed by atoms with Crippen molar-refractivity contribution in [3.63, 3.8) is 0 Å². The van der Waals surface area contributed by atoms with Crippen LogP contribution in [-0.2, 0) is 4.79 Å². The number of H-pyrrole nitrogens is 1. The predicted octanol–water partition coefficient (Wildman–Crippen LogP) is 3.61. The summed E-state index contributed by atoms with van der Waals surface area (Å²) in [6.07, 6.45) is 0.895. The minimum atomic E-state index is -0.168. The monoisotopic (exact) mass is 311 g/mol. The Balaban J connectivity index is 1.97. The van der Waals surface area contributed by atoms with Gasteiger partial charge in [0.05, 0.1) is 16.8 Å². The summed E-state index contributed by atoms with van der Waals surface area (Å²) < 4.78 is 0. The Kier molecular flexibility index (Phi) is 4.60. The third-order valence-electron chi connectivity index (χ3n) is 3.12. The van der Waals surface area contributed by atoms with Crippen LogP contribution in [0.4, 0.5) is 0 Å². The molecule has 0 saturated heterocycles. The molecule has 1 aromatic heterocycles. The van der Waals surface area contributed by atoms with Gasteiger partial charge < -0.3 is 10.3 Å². The summed E-state index contributed by atoms with van der Waals surface area (Å²) in [4.78, 5) is 19.4. The van der Waals surface area contributed by atoms with Crippen molar-refractivity contribution in [3.05, 3.63) is 23.2 Å². The van der Waals surface area contributed by atoms with E-state index in [4.69, 9.17) is 11.6 Å². The minimum Gasteiger partial charge on any atom is -0.351 e. The molecule has 1 heterocycles. The highest BCUT2D eigenvalue weighted by Gasteiger charge is 2.18. The number of fused-ring (bicyclic) bond motifs is 1. The second-order valence-corrected chi connectivity index (χ2v) is 6.68. The molecule has 108 valence electrons. The van der Waals surface area contributed by atoms with Gasteiger partial charge in [-0.3, -0.25) is 4.79 Å². The first kappa shape index (κ1) is 15.2. The first-order valence-electron chi connectivity index (χ1n) is 6.49. The maximum Gasteiger partial charge on any atom is 0.230 e. The van der Waals surface area contributed by atoms with Gasteiger partial charge in [0.15, 0.2) is 5.16 Å². The Hall–Kier alpha value is -1.20. The van der Waals surface area contributed by atoms with Gasteiger partial charge in [-0.05, 0) is 38.5 Å². The van der Waals surface area contributed by atoms with E-state index >= 15 is 0 Å². The van der Waals surface area contributed by atoms with Crippen LogP contribution >= 0.6 is 23.4 Å². The lowest BCUT2D eigenvalue weighted by Gasteiger charge is -2.24. The largest absolute Gasteiger partial charge is 0.351 e. The second-order valence-electron chi connectivity index (χ2n) is 5.28. The Morgan fingerprint density at radius 2 is 2.25 bits per heavy atom. The fraction of sp³-hybridized carbons (Fsp3) is 0.429. The molecule has 1 aromatic carbocycles. The topological polar surface area (TPSA) is 57.8 Å². The number of hydrogen-bond donors (Lipinski definition) is 2. The lowest BCUT2D eigenvalue weighted by molar-refractivity contribution is -0.120. The molecule has 0 radical (unpaired) electrons. The Bertz CT molecular complexity index is 624. The molecule has 0 atom stereocenters. The van der Waals surface area contributed by atoms with Gasteiger partial charge in [-0.1, -0.05) is 30.3 Å². The molecule has 2 aromatic rings. The quantitative estimate of drug-likeness (QED) is 0.829. The molecule has 0 fully saturated rings. The van der Waals surface area contributed by atoms with Crippen LogP contribution in [0.2, 0.25) is 5.02 Å². The predicted molar refractivity (Wildman–Crippen MR) is 84.3 cm³/mol. The van der Waals surface area contributed by atoms with Crippen molar-refractivity contribution in [2.75, 3.05) is 5.75 Å². The fourth-order valence-electron chi connectivity index (χ4n) is 1.66. The lowest BCUT2D eigenvalue weighted by Crippen LogP contribution is -2.43. The molecule has 0 aliphatic heterocycles. The first-order valence-corrected chi connectivity index (χ1v) is 7.85. The third kappa shape index (κ3) is 3.90. The summed E-state index contributed by atoms with van der Waals surface area (Å²) in [5.74, 6) is 0.358. The number of halogens is 1. The van der Waals surface area contributed by atoms with Crippen LogP contribution in [0.1, 0.15) is 27.2 Å². The minimum absolute atomic E-state index is 0.0142. The summed E-state index contributed by atoms with van der Waals surface area (Å²) in [5, 5.41) is 4.39. The molecule has 0 bridgehead atoms. The zero-order chi connectivity index (χ0) is 14.8. The number of rotatable bonds is 5. The summed E-state index contributed by atoms with van der Waals surface area (Å²) in [7, 11) is 0. The number of imidazole rings is 1. The maximum atomic E-state index is 11.9. The SMILES string of the molecule is CCC(C)(C)NC(=O)CSc1nc2ccc(Cl)cc2[nH]1. The van der Waals surface area contributed by atoms with Gasteiger partial charge in [0.1, 0.15) is 0 Å². The number of hydrogen-bond acceptors (Lipinski definition) is 3. The zero-order valence-electron chi connectivity index (χ0n) is 11.8. The van der Waals surface area contributed by atoms with Gasteiger partial charge in [-0.2, -0.15) is 0 Å². The highest BCUT2D eigenvalue weighted by Crippen LogP contribution is 2.22. The number of aromatic nitrogens is 2. The Morgan fingerprint density at radius 1 is 1.50 bits per heavy atom. The number of amides is 1. The molecule has 2 N–H and O–H groups in total. The number of carbonyl (C=O) groups is 1. The van der Waals surface area contributed by atoms with Gasteiger partial charge in [0.25, 0.3) is 0 Å². The van der Waals surface area contributed by atoms with Crippen LogP contribution in [0.25, 0.3) is 11.0 Å². The molecular weight excluding hydrogens is 294 g/mol. The van der Waals surface area contributed by atoms with E-state index in [1.165, 1.54) is 11.8 Å². The highest BCUT2D eigenvalue weighted by molar-refractivity contribution is 7.99. The van der Waals surface area contributed by atoms with Crippen molar-refractivity contribution >= 4 is 40.3 Å². The van der Waals surface area contributed by atoms with E-state index in [2.05, 4.69) is 22.2 Å². The average molecular weight is 312 g/mol. The second kappa shape index (κ2) is 6.06. The third-order valence-corrected chi connectivity index (χ3v) is 4.23. The molecule has 0 aliphatic carbocycles. The standard InChI is InChI=1S/C14H18ClN3OS/c1-4-14(2,3)18-12(19)8-20-13-16-10-6-5-9(15)7-11(10)17-13/h5-7H,4,8H2,1-3H3,(H,16,17)(H,18,19). The fourth-order valence-corrected chi connectivity index (χ4v) is 2.52. The summed E-state index contributed by atoms with van der Waals surface area (Å²) >= 11 is 7.31. The highest BCUT2D eigenvalue weighted by atomic mass is 35.5. The molecule has 4 nitrogen and oxygen atoms in total. The van der Waals surface area contributed by atoms with Gasteiger partial charge in [-0.15, -0.1) is 0 Å². The van der Waals surface area contributed by atoms with E-state index in [-0.39, 0.29) is 11.4 Å². The Morgan fingerprint density at radius 3 is 2.95 bits per heavy atom. The van der Waals surface area contributed by atoms with Crippen molar-refractivity contribution in [1.82, 2.24) is 15.3 Å². The van der Waals surface area contributed by atoms with Crippen molar-refractivity contribution in [2.24, 2.45) is 0 Å². The van der Waals surface area contributed by atoms with E-state index in [1.54, 1.807) is 6.07 Å². The van der Waals surface area contributed by atoms with Crippen molar-refractivity contribution in [2.45, 2.75) is 37.9 Å². The molecule has 2 rings (SSSR count). The van der Waals surface area contributed by atoms with Crippen molar-refractivity contribution < 1.29 is 4.79 Å². The van der Waals surface area contributed by atoms with E-state index in [0.717, 1.165) is 22.6 Å². The molecule has 0 unspecified atom stereocenters. The molecule has 0 aliphatic rings. The van der Waals surface area contributed by atoms with Crippen LogP contribution in [0.3, 0.4) is 0 Å². The number of carbonyl (C=O) groups excluding carboxylic acids is 1. The molecule has 20 heavy (non-hydrogen) atoms. The summed E-state index contributed by atoms with van der Waals surface area (Å²) in [5.41, 5.74) is 1.57. The Labute approximate surface area is 127 Å². The van der Waals surface area contributed by atoms with E-state index in [9.17, 15) is 4.79 Å². The van der Waals surface area contributed by atoms with E-state index in [0.29, 0.717) is 10.8 Å². The van der Waals surface area contributed by atoms with Crippen LogP contribution < -0.4 is 5.32 Å². The van der Waals surface area contributed by atoms with Crippen molar-refractivity contribution in [1.29, 1.82) is 0 Å². The maximum absolute atomic E-state index is 11.9. The van der Waals surface area contributed by atoms with Crippen LogP contribution in [0.5, 0.6) is 0 Å². The van der Waals surface area contributed by atoms with E-state index < -0.39 is 0 Å². The van der Waals surface area contributed by atoms with Gasteiger partial charge in [0.2, 0.25) is 5.91 Å². The molecule has 0 saturated carbocycles. The number of benzene rings is 1. The number of thioether (sulfide) groups is 1. The van der Waals surface area contributed by atoms with Crippen LogP contribution in [0.15, 0.2) is 23.4 Å². The zero-order valence-corrected chi connectivity index (χ0v) is 13.4. The lowest BCUT2D eigenvalue weighted by atomic mass is 10.0. The molecule has 0 spiro atoms. The summed E-state index contributed by atoms with van der Waals surface area (Å²) in [6, 6.07) is 5.49.